The molecule has 2 rings (SSSR count). The van der Waals surface area contributed by atoms with E-state index >= 15 is 0 Å². The third-order valence-electron chi connectivity index (χ3n) is 2.98. The van der Waals surface area contributed by atoms with Crippen LogP contribution in [0.3, 0.4) is 0 Å². The Hall–Kier alpha value is -2.56. The molecule has 0 saturated heterocycles. The molecule has 0 radical (unpaired) electrons. The van der Waals surface area contributed by atoms with E-state index in [9.17, 15) is 9.59 Å². The number of carboxylic acid groups (broad SMARTS) is 1. The molecule has 0 unspecified atom stereocenters. The van der Waals surface area contributed by atoms with E-state index in [1.165, 1.54) is 10.6 Å². The van der Waals surface area contributed by atoms with Crippen molar-refractivity contribution in [2.75, 3.05) is 0 Å². The van der Waals surface area contributed by atoms with Gasteiger partial charge in [-0.2, -0.15) is 0 Å². The first kappa shape index (κ1) is 14.8. The van der Waals surface area contributed by atoms with Crippen LogP contribution in [0.1, 0.15) is 29.9 Å². The Balaban J connectivity index is 2.70. The molecule has 110 valence electrons. The van der Waals surface area contributed by atoms with Crippen molar-refractivity contribution < 1.29 is 14.6 Å². The minimum Gasteiger partial charge on any atom is -0.489 e. The number of rotatable bonds is 4. The molecule has 0 spiro atoms. The molecule has 2 aromatic rings. The lowest BCUT2D eigenvalue weighted by Gasteiger charge is -2.17. The van der Waals surface area contributed by atoms with Gasteiger partial charge in [-0.15, -0.1) is 0 Å². The van der Waals surface area contributed by atoms with Gasteiger partial charge in [0.2, 0.25) is 0 Å². The summed E-state index contributed by atoms with van der Waals surface area (Å²) < 4.78 is 7.07. The smallest absolute Gasteiger partial charge is 0.341 e. The third-order valence-corrected chi connectivity index (χ3v) is 2.98. The fraction of sp³-hybridized carbons (Fsp3) is 0.250. The van der Waals surface area contributed by atoms with E-state index in [2.05, 4.69) is 0 Å². The standard InChI is InChI=1S/C16H17NO4/c1-10(2)21-14-7-5-4-6-13(14)17-11(3)8-9-12(15(17)18)16(19)20/h4-10H,1-3H3,(H,19,20). The normalized spacial score (nSPS) is 10.7. The molecule has 0 amide bonds. The van der Waals surface area contributed by atoms with Crippen molar-refractivity contribution in [2.24, 2.45) is 0 Å². The Bertz CT molecular complexity index is 731. The maximum Gasteiger partial charge on any atom is 0.341 e. The molecule has 0 fully saturated rings. The number of hydrogen-bond donors (Lipinski definition) is 1. The average molecular weight is 287 g/mol. The molecule has 0 saturated carbocycles. The highest BCUT2D eigenvalue weighted by molar-refractivity contribution is 5.87. The zero-order valence-corrected chi connectivity index (χ0v) is 12.2. The lowest BCUT2D eigenvalue weighted by molar-refractivity contribution is 0.0694. The van der Waals surface area contributed by atoms with Crippen LogP contribution < -0.4 is 10.3 Å². The second-order valence-corrected chi connectivity index (χ2v) is 4.97. The summed E-state index contributed by atoms with van der Waals surface area (Å²) in [6, 6.07) is 10.0. The fourth-order valence-corrected chi connectivity index (χ4v) is 2.09. The van der Waals surface area contributed by atoms with Crippen LogP contribution in [0, 0.1) is 6.92 Å². The largest absolute Gasteiger partial charge is 0.489 e. The summed E-state index contributed by atoms with van der Waals surface area (Å²) in [5, 5.41) is 9.10. The molecule has 0 aliphatic heterocycles. The van der Waals surface area contributed by atoms with Crippen LogP contribution in [0.4, 0.5) is 0 Å². The van der Waals surface area contributed by atoms with Crippen molar-refractivity contribution in [1.82, 2.24) is 4.57 Å². The Morgan fingerprint density at radius 2 is 1.86 bits per heavy atom. The number of benzene rings is 1. The molecular weight excluding hydrogens is 270 g/mol. The summed E-state index contributed by atoms with van der Waals surface area (Å²) in [4.78, 5) is 23.5. The van der Waals surface area contributed by atoms with Crippen LogP contribution in [0.5, 0.6) is 5.75 Å². The van der Waals surface area contributed by atoms with Crippen molar-refractivity contribution in [3.05, 3.63) is 58.0 Å². The van der Waals surface area contributed by atoms with Gasteiger partial charge in [0.25, 0.3) is 5.56 Å². The van der Waals surface area contributed by atoms with Gasteiger partial charge in [-0.05, 0) is 45.0 Å². The highest BCUT2D eigenvalue weighted by Crippen LogP contribution is 2.23. The zero-order valence-electron chi connectivity index (χ0n) is 12.2. The van der Waals surface area contributed by atoms with Gasteiger partial charge in [0.1, 0.15) is 11.3 Å². The second-order valence-electron chi connectivity index (χ2n) is 4.97. The maximum absolute atomic E-state index is 12.4. The van der Waals surface area contributed by atoms with Crippen LogP contribution >= 0.6 is 0 Å². The van der Waals surface area contributed by atoms with Crippen molar-refractivity contribution >= 4 is 5.97 Å². The predicted molar refractivity (Wildman–Crippen MR) is 79.5 cm³/mol. The Morgan fingerprint density at radius 1 is 1.19 bits per heavy atom. The number of hydrogen-bond acceptors (Lipinski definition) is 3. The number of nitrogens with zero attached hydrogens (tertiary/aromatic N) is 1. The summed E-state index contributed by atoms with van der Waals surface area (Å²) in [6.45, 7) is 5.53. The molecular formula is C16H17NO4. The van der Waals surface area contributed by atoms with Gasteiger partial charge in [0.05, 0.1) is 11.8 Å². The summed E-state index contributed by atoms with van der Waals surface area (Å²) >= 11 is 0. The van der Waals surface area contributed by atoms with Gasteiger partial charge in [0, 0.05) is 5.69 Å². The van der Waals surface area contributed by atoms with Gasteiger partial charge in [-0.25, -0.2) is 4.79 Å². The number of aromatic nitrogens is 1. The highest BCUT2D eigenvalue weighted by Gasteiger charge is 2.16. The van der Waals surface area contributed by atoms with Gasteiger partial charge in [0.15, 0.2) is 0 Å². The van der Waals surface area contributed by atoms with E-state index in [-0.39, 0.29) is 11.7 Å². The van der Waals surface area contributed by atoms with E-state index in [1.807, 2.05) is 19.9 Å². The lowest BCUT2D eigenvalue weighted by Crippen LogP contribution is -2.27. The van der Waals surface area contributed by atoms with Gasteiger partial charge >= 0.3 is 5.97 Å². The second kappa shape index (κ2) is 5.83. The molecule has 0 aliphatic rings. The van der Waals surface area contributed by atoms with Crippen molar-refractivity contribution in [3.8, 4) is 11.4 Å². The number of para-hydroxylation sites is 2. The number of carboxylic acids is 1. The van der Waals surface area contributed by atoms with E-state index in [4.69, 9.17) is 9.84 Å². The number of pyridine rings is 1. The minimum atomic E-state index is -1.24. The van der Waals surface area contributed by atoms with Crippen molar-refractivity contribution in [2.45, 2.75) is 26.9 Å². The molecule has 1 N–H and O–H groups in total. The number of carbonyl (C=O) groups is 1. The summed E-state index contributed by atoms with van der Waals surface area (Å²) in [7, 11) is 0. The van der Waals surface area contributed by atoms with E-state index in [1.54, 1.807) is 31.2 Å². The SMILES string of the molecule is Cc1ccc(C(=O)O)c(=O)n1-c1ccccc1OC(C)C. The van der Waals surface area contributed by atoms with E-state index in [0.29, 0.717) is 17.1 Å². The van der Waals surface area contributed by atoms with Gasteiger partial charge in [-0.1, -0.05) is 12.1 Å². The number of aryl methyl sites for hydroxylation is 1. The Morgan fingerprint density at radius 3 is 2.48 bits per heavy atom. The average Bonchev–Trinajstić information content (AvgIpc) is 2.39. The van der Waals surface area contributed by atoms with Crippen LogP contribution in [-0.4, -0.2) is 21.7 Å². The quantitative estimate of drug-likeness (QED) is 0.938. The van der Waals surface area contributed by atoms with Crippen LogP contribution in [0.2, 0.25) is 0 Å². The molecule has 1 aromatic heterocycles. The molecule has 1 heterocycles. The van der Waals surface area contributed by atoms with E-state index < -0.39 is 11.5 Å². The monoisotopic (exact) mass is 287 g/mol. The molecule has 0 atom stereocenters. The summed E-state index contributed by atoms with van der Waals surface area (Å²) in [5.41, 5.74) is 0.351. The Kier molecular flexibility index (Phi) is 4.12. The predicted octanol–water partition coefficient (Wildman–Crippen LogP) is 2.63. The highest BCUT2D eigenvalue weighted by atomic mass is 16.5. The van der Waals surface area contributed by atoms with Gasteiger partial charge in [-0.3, -0.25) is 9.36 Å². The first-order valence-electron chi connectivity index (χ1n) is 6.64. The molecule has 5 nitrogen and oxygen atoms in total. The first-order valence-corrected chi connectivity index (χ1v) is 6.64. The molecule has 0 bridgehead atoms. The van der Waals surface area contributed by atoms with Crippen LogP contribution in [0.25, 0.3) is 5.69 Å². The minimum absolute atomic E-state index is 0.0511. The number of aromatic carboxylic acids is 1. The third kappa shape index (κ3) is 2.97. The van der Waals surface area contributed by atoms with Crippen molar-refractivity contribution in [1.29, 1.82) is 0 Å². The summed E-state index contributed by atoms with van der Waals surface area (Å²) in [5.74, 6) is -0.698. The van der Waals surface area contributed by atoms with Crippen LogP contribution in [-0.2, 0) is 0 Å². The van der Waals surface area contributed by atoms with Gasteiger partial charge < -0.3 is 9.84 Å². The van der Waals surface area contributed by atoms with Crippen LogP contribution in [0.15, 0.2) is 41.2 Å². The maximum atomic E-state index is 12.4. The van der Waals surface area contributed by atoms with Crippen molar-refractivity contribution in [3.63, 3.8) is 0 Å². The molecule has 1 aromatic carbocycles. The fourth-order valence-electron chi connectivity index (χ4n) is 2.09. The zero-order chi connectivity index (χ0) is 15.6. The molecule has 0 aliphatic carbocycles. The summed E-state index contributed by atoms with van der Waals surface area (Å²) in [6.07, 6.45) is -0.0511. The molecule has 5 heteroatoms. The first-order chi connectivity index (χ1) is 9.91. The Labute approximate surface area is 122 Å². The topological polar surface area (TPSA) is 68.5 Å². The van der Waals surface area contributed by atoms with E-state index in [0.717, 1.165) is 0 Å². The lowest BCUT2D eigenvalue weighted by atomic mass is 10.2. The molecule has 21 heavy (non-hydrogen) atoms. The number of ether oxygens (including phenoxy) is 1.